The molecule has 130 valence electrons. The molecule has 2 heterocycles. The second-order valence-electron chi connectivity index (χ2n) is 5.67. The van der Waals surface area contributed by atoms with Crippen LogP contribution in [0.1, 0.15) is 20.8 Å². The minimum Gasteiger partial charge on any atom is -0.383 e. The zero-order valence-electron chi connectivity index (χ0n) is 13.2. The van der Waals surface area contributed by atoms with Gasteiger partial charge in [0, 0.05) is 5.41 Å². The Kier molecular flexibility index (Phi) is 8.43. The van der Waals surface area contributed by atoms with Gasteiger partial charge >= 0.3 is 0 Å². The van der Waals surface area contributed by atoms with Crippen molar-refractivity contribution in [3.8, 4) is 0 Å². The Labute approximate surface area is 178 Å². The van der Waals surface area contributed by atoms with E-state index in [4.69, 9.17) is 28.9 Å². The zero-order valence-corrected chi connectivity index (χ0v) is 19.0. The summed E-state index contributed by atoms with van der Waals surface area (Å²) in [5.41, 5.74) is 4.98. The molecule has 2 aromatic rings. The van der Waals surface area contributed by atoms with Crippen molar-refractivity contribution >= 4 is 85.9 Å². The number of halogens is 4. The number of hydrogen-bond acceptors (Lipinski definition) is 4. The van der Waals surface area contributed by atoms with Gasteiger partial charge in [-0.2, -0.15) is 0 Å². The first kappa shape index (κ1) is 21.7. The Morgan fingerprint density at radius 2 is 1.54 bits per heavy atom. The van der Waals surface area contributed by atoms with Gasteiger partial charge in [-0.25, -0.2) is 9.97 Å². The van der Waals surface area contributed by atoms with E-state index in [1.807, 2.05) is 32.9 Å². The number of nitrogens with zero attached hydrogens (tertiary/aromatic N) is 2. The first-order valence-electron chi connectivity index (χ1n) is 6.71. The number of amides is 1. The summed E-state index contributed by atoms with van der Waals surface area (Å²) in [5.74, 6) is 0.932. The highest BCUT2D eigenvalue weighted by Crippen LogP contribution is 2.21. The molecule has 0 bridgehead atoms. The maximum Gasteiger partial charge on any atom is 0.230 e. The molecular weight excluding hydrogens is 577 g/mol. The highest BCUT2D eigenvalue weighted by atomic mass is 127. The largest absolute Gasteiger partial charge is 0.383 e. The SMILES string of the molecule is CC(C)(C)C(=O)Nc1nc(Cl)ccc1I.Nc1nc(Cl)ccc1I. The summed E-state index contributed by atoms with van der Waals surface area (Å²) in [6.45, 7) is 5.54. The molecule has 0 saturated heterocycles. The van der Waals surface area contributed by atoms with Gasteiger partial charge in [-0.3, -0.25) is 4.79 Å². The molecular formula is C15H16Cl2I2N4O. The van der Waals surface area contributed by atoms with Crippen molar-refractivity contribution in [2.45, 2.75) is 20.8 Å². The lowest BCUT2D eigenvalue weighted by atomic mass is 9.96. The van der Waals surface area contributed by atoms with Crippen LogP contribution in [0.3, 0.4) is 0 Å². The Bertz CT molecular complexity index is 736. The second-order valence-corrected chi connectivity index (χ2v) is 8.77. The molecule has 0 aliphatic rings. The van der Waals surface area contributed by atoms with E-state index in [9.17, 15) is 4.79 Å². The van der Waals surface area contributed by atoms with E-state index in [1.165, 1.54) is 0 Å². The van der Waals surface area contributed by atoms with Crippen molar-refractivity contribution in [1.82, 2.24) is 9.97 Å². The average Bonchev–Trinajstić information content (AvgIpc) is 2.47. The molecule has 24 heavy (non-hydrogen) atoms. The van der Waals surface area contributed by atoms with Gasteiger partial charge < -0.3 is 11.1 Å². The number of carbonyl (C=O) groups excluding carboxylic acids is 1. The number of rotatable bonds is 1. The normalized spacial score (nSPS) is 10.6. The third-order valence-corrected chi connectivity index (χ3v) is 4.77. The highest BCUT2D eigenvalue weighted by molar-refractivity contribution is 14.1. The fraction of sp³-hybridized carbons (Fsp3) is 0.267. The first-order valence-corrected chi connectivity index (χ1v) is 9.63. The van der Waals surface area contributed by atoms with Crippen molar-refractivity contribution in [1.29, 1.82) is 0 Å². The van der Waals surface area contributed by atoms with Crippen molar-refractivity contribution in [3.05, 3.63) is 41.7 Å². The summed E-state index contributed by atoms with van der Waals surface area (Å²) in [7, 11) is 0. The molecule has 0 atom stereocenters. The van der Waals surface area contributed by atoms with Gasteiger partial charge in [-0.05, 0) is 69.4 Å². The number of nitrogens with two attached hydrogens (primary N) is 1. The van der Waals surface area contributed by atoms with Gasteiger partial charge in [0.1, 0.15) is 21.9 Å². The van der Waals surface area contributed by atoms with Gasteiger partial charge in [0.05, 0.1) is 7.14 Å². The molecule has 0 aromatic carbocycles. The Morgan fingerprint density at radius 3 is 2.00 bits per heavy atom. The number of carbonyl (C=O) groups is 1. The van der Waals surface area contributed by atoms with E-state index < -0.39 is 5.41 Å². The van der Waals surface area contributed by atoms with Crippen LogP contribution in [0.25, 0.3) is 0 Å². The quantitative estimate of drug-likeness (QED) is 0.350. The van der Waals surface area contributed by atoms with Crippen LogP contribution < -0.4 is 11.1 Å². The number of anilines is 2. The van der Waals surface area contributed by atoms with Gasteiger partial charge in [0.15, 0.2) is 0 Å². The lowest BCUT2D eigenvalue weighted by Gasteiger charge is -2.17. The summed E-state index contributed by atoms with van der Waals surface area (Å²) in [4.78, 5) is 19.6. The van der Waals surface area contributed by atoms with E-state index in [-0.39, 0.29) is 5.91 Å². The van der Waals surface area contributed by atoms with Gasteiger partial charge in [-0.1, -0.05) is 44.0 Å². The third kappa shape index (κ3) is 7.24. The maximum atomic E-state index is 11.7. The lowest BCUT2D eigenvalue weighted by molar-refractivity contribution is -0.123. The zero-order chi connectivity index (χ0) is 18.5. The topological polar surface area (TPSA) is 80.9 Å². The first-order chi connectivity index (χ1) is 11.0. The van der Waals surface area contributed by atoms with Crippen LogP contribution in [0.5, 0.6) is 0 Å². The van der Waals surface area contributed by atoms with Crippen LogP contribution in [-0.2, 0) is 4.79 Å². The number of nitrogens with one attached hydrogen (secondary N) is 1. The number of aromatic nitrogens is 2. The molecule has 0 spiro atoms. The average molecular weight is 593 g/mol. The summed E-state index contributed by atoms with van der Waals surface area (Å²) in [5, 5.41) is 3.56. The second kappa shape index (κ2) is 9.35. The number of nitrogen functional groups attached to an aromatic ring is 1. The van der Waals surface area contributed by atoms with Crippen LogP contribution in [0, 0.1) is 12.6 Å². The van der Waals surface area contributed by atoms with Crippen LogP contribution in [0.2, 0.25) is 10.3 Å². The molecule has 0 fully saturated rings. The van der Waals surface area contributed by atoms with Crippen LogP contribution in [0.4, 0.5) is 11.6 Å². The fourth-order valence-corrected chi connectivity index (χ4v) is 2.27. The molecule has 2 rings (SSSR count). The van der Waals surface area contributed by atoms with Crippen molar-refractivity contribution in [2.75, 3.05) is 11.1 Å². The Morgan fingerprint density at radius 1 is 1.04 bits per heavy atom. The summed E-state index contributed by atoms with van der Waals surface area (Å²) >= 11 is 15.5. The molecule has 3 N–H and O–H groups in total. The minimum atomic E-state index is -0.437. The van der Waals surface area contributed by atoms with E-state index in [0.717, 1.165) is 7.14 Å². The van der Waals surface area contributed by atoms with Crippen molar-refractivity contribution in [2.24, 2.45) is 5.41 Å². The fourth-order valence-electron chi connectivity index (χ4n) is 1.23. The lowest BCUT2D eigenvalue weighted by Crippen LogP contribution is -2.28. The molecule has 0 unspecified atom stereocenters. The van der Waals surface area contributed by atoms with Gasteiger partial charge in [0.25, 0.3) is 0 Å². The molecule has 0 aliphatic heterocycles. The predicted octanol–water partition coefficient (Wildman–Crippen LogP) is 5.25. The third-order valence-electron chi connectivity index (χ3n) is 2.56. The van der Waals surface area contributed by atoms with Gasteiger partial charge in [0.2, 0.25) is 5.91 Å². The predicted molar refractivity (Wildman–Crippen MR) is 116 cm³/mol. The van der Waals surface area contributed by atoms with E-state index in [2.05, 4.69) is 60.5 Å². The number of hydrogen-bond donors (Lipinski definition) is 2. The molecule has 5 nitrogen and oxygen atoms in total. The van der Waals surface area contributed by atoms with Crippen LogP contribution in [-0.4, -0.2) is 15.9 Å². The number of pyridine rings is 2. The monoisotopic (exact) mass is 592 g/mol. The standard InChI is InChI=1S/C10H12ClIN2O.C5H4ClIN2/c1-10(2,3)9(15)14-8-6(12)4-5-7(11)13-8;6-4-2-1-3(7)5(8)9-4/h4-5H,1-3H3,(H,13,14,15);1-2H,(H2,8,9). The van der Waals surface area contributed by atoms with E-state index in [0.29, 0.717) is 21.9 Å². The highest BCUT2D eigenvalue weighted by Gasteiger charge is 2.22. The summed E-state index contributed by atoms with van der Waals surface area (Å²) in [6.07, 6.45) is 0. The van der Waals surface area contributed by atoms with E-state index >= 15 is 0 Å². The van der Waals surface area contributed by atoms with Crippen molar-refractivity contribution < 1.29 is 4.79 Å². The van der Waals surface area contributed by atoms with Crippen LogP contribution >= 0.6 is 68.4 Å². The van der Waals surface area contributed by atoms with Crippen LogP contribution in [0.15, 0.2) is 24.3 Å². The Balaban J connectivity index is 0.000000272. The van der Waals surface area contributed by atoms with Crippen molar-refractivity contribution in [3.63, 3.8) is 0 Å². The molecule has 0 radical (unpaired) electrons. The Hall–Kier alpha value is -0.390. The molecule has 0 saturated carbocycles. The molecule has 9 heteroatoms. The van der Waals surface area contributed by atoms with E-state index in [1.54, 1.807) is 12.1 Å². The molecule has 0 aliphatic carbocycles. The molecule has 2 aromatic heterocycles. The summed E-state index contributed by atoms with van der Waals surface area (Å²) < 4.78 is 1.80. The molecule has 1 amide bonds. The smallest absolute Gasteiger partial charge is 0.230 e. The van der Waals surface area contributed by atoms with Gasteiger partial charge in [-0.15, -0.1) is 0 Å². The summed E-state index contributed by atoms with van der Waals surface area (Å²) in [6, 6.07) is 7.04. The minimum absolute atomic E-state index is 0.0739. The maximum absolute atomic E-state index is 11.7.